The Balaban J connectivity index is 0.000000177. The lowest BCUT2D eigenvalue weighted by Gasteiger charge is -2.33. The van der Waals surface area contributed by atoms with Gasteiger partial charge in [0.25, 0.3) is 11.8 Å². The Labute approximate surface area is 337 Å². The molecule has 2 atom stereocenters. The number of pyridine rings is 4. The van der Waals surface area contributed by atoms with E-state index >= 15 is 0 Å². The number of aliphatic hydroxyl groups excluding tert-OH is 2. The maximum Gasteiger partial charge on any atom is 0.253 e. The molecule has 58 heavy (non-hydrogen) atoms. The Bertz CT molecular complexity index is 1900. The molecule has 8 rings (SSSR count). The number of ether oxygens (including phenoxy) is 4. The molecular formula is C42H52N8O8. The molecule has 0 aliphatic carbocycles. The second-order valence-electron chi connectivity index (χ2n) is 15.1. The van der Waals surface area contributed by atoms with Gasteiger partial charge in [-0.2, -0.15) is 0 Å². The predicted octanol–water partition coefficient (Wildman–Crippen LogP) is 3.67. The highest BCUT2D eigenvalue weighted by Gasteiger charge is 2.28. The second-order valence-corrected chi connectivity index (χ2v) is 15.1. The highest BCUT2D eigenvalue weighted by atomic mass is 16.5. The number of carbonyl (C=O) groups is 2. The molecule has 4 aliphatic rings. The second kappa shape index (κ2) is 18.2. The van der Waals surface area contributed by atoms with Crippen LogP contribution in [0.25, 0.3) is 0 Å². The van der Waals surface area contributed by atoms with Crippen LogP contribution in [0.5, 0.6) is 23.3 Å². The summed E-state index contributed by atoms with van der Waals surface area (Å²) < 4.78 is 23.1. The van der Waals surface area contributed by atoms with Gasteiger partial charge in [0.15, 0.2) is 0 Å². The topological polar surface area (TPSA) is 194 Å². The minimum absolute atomic E-state index is 0.0369. The Hall–Kier alpha value is -5.74. The van der Waals surface area contributed by atoms with E-state index in [1.165, 1.54) is 0 Å². The first-order valence-corrected chi connectivity index (χ1v) is 19.9. The number of fused-ring (bicyclic) bond motifs is 2. The molecule has 0 bridgehead atoms. The number of hydrogen-bond donors (Lipinski definition) is 4. The molecule has 4 aliphatic heterocycles. The molecule has 2 unspecified atom stereocenters. The highest BCUT2D eigenvalue weighted by Crippen LogP contribution is 2.30. The molecule has 4 aromatic heterocycles. The maximum absolute atomic E-state index is 11.8. The van der Waals surface area contributed by atoms with E-state index in [9.17, 15) is 9.59 Å². The fourth-order valence-corrected chi connectivity index (χ4v) is 7.36. The van der Waals surface area contributed by atoms with Gasteiger partial charge in [-0.25, -0.2) is 19.9 Å². The summed E-state index contributed by atoms with van der Waals surface area (Å²) in [5, 5.41) is 23.7. The van der Waals surface area contributed by atoms with Crippen molar-refractivity contribution in [1.29, 1.82) is 0 Å². The lowest BCUT2D eigenvalue weighted by atomic mass is 10.1. The molecule has 2 fully saturated rings. The molecular weight excluding hydrogens is 745 g/mol. The fourth-order valence-electron chi connectivity index (χ4n) is 7.36. The van der Waals surface area contributed by atoms with Crippen LogP contribution in [0.1, 0.15) is 82.8 Å². The smallest absolute Gasteiger partial charge is 0.253 e. The van der Waals surface area contributed by atoms with Crippen molar-refractivity contribution < 1.29 is 38.7 Å². The van der Waals surface area contributed by atoms with Crippen molar-refractivity contribution in [2.75, 3.05) is 49.2 Å². The van der Waals surface area contributed by atoms with Crippen molar-refractivity contribution in [1.82, 2.24) is 30.6 Å². The molecule has 2 saturated heterocycles. The van der Waals surface area contributed by atoms with Gasteiger partial charge in [0.05, 0.1) is 61.2 Å². The van der Waals surface area contributed by atoms with Crippen molar-refractivity contribution in [2.24, 2.45) is 0 Å². The van der Waals surface area contributed by atoms with Gasteiger partial charge in [-0.1, -0.05) is 0 Å². The Morgan fingerprint density at radius 1 is 0.672 bits per heavy atom. The number of carbonyl (C=O) groups excluding carboxylic acids is 2. The number of rotatable bonds is 12. The Kier molecular flexibility index (Phi) is 12.7. The quantitative estimate of drug-likeness (QED) is 0.162. The van der Waals surface area contributed by atoms with E-state index in [2.05, 4.69) is 30.4 Å². The van der Waals surface area contributed by atoms with Crippen LogP contribution in [0.15, 0.2) is 48.8 Å². The molecule has 4 N–H and O–H groups in total. The number of aromatic nitrogens is 4. The first-order chi connectivity index (χ1) is 28.1. The van der Waals surface area contributed by atoms with E-state index in [0.29, 0.717) is 47.5 Å². The Morgan fingerprint density at radius 2 is 1.07 bits per heavy atom. The van der Waals surface area contributed by atoms with E-state index < -0.39 is 0 Å². The van der Waals surface area contributed by atoms with Gasteiger partial charge >= 0.3 is 0 Å². The van der Waals surface area contributed by atoms with E-state index in [-0.39, 0.29) is 49.4 Å². The number of anilines is 2. The average molecular weight is 797 g/mol. The number of piperidine rings is 2. The first-order valence-electron chi connectivity index (χ1n) is 19.9. The summed E-state index contributed by atoms with van der Waals surface area (Å²) in [7, 11) is 0. The zero-order valence-electron chi connectivity index (χ0n) is 33.4. The fraction of sp³-hybridized carbons (Fsp3) is 0.476. The molecule has 16 heteroatoms. The standard InChI is InChI=1S/2C21H26N4O4/c2*1-13-9-17-18(11-23-21(17)27)24-20(13)25-7-5-15(6-8-25)29-16-3-4-19(22-10-16)28-14(2)12-26/h2*3-4,9-10,14-15,26H,5-8,11-12H2,1-2H3,(H,23,27). The summed E-state index contributed by atoms with van der Waals surface area (Å²) in [4.78, 5) is 46.1. The van der Waals surface area contributed by atoms with Gasteiger partial charge in [-0.05, 0) is 63.1 Å². The van der Waals surface area contributed by atoms with Crippen LogP contribution in [0.4, 0.5) is 11.6 Å². The van der Waals surface area contributed by atoms with Gasteiger partial charge < -0.3 is 49.6 Å². The molecule has 0 spiro atoms. The zero-order valence-corrected chi connectivity index (χ0v) is 33.4. The predicted molar refractivity (Wildman–Crippen MR) is 215 cm³/mol. The number of aliphatic hydroxyl groups is 2. The van der Waals surface area contributed by atoms with Crippen LogP contribution in [0, 0.1) is 13.8 Å². The molecule has 0 saturated carbocycles. The minimum Gasteiger partial charge on any atom is -0.489 e. The minimum atomic E-state index is -0.288. The largest absolute Gasteiger partial charge is 0.489 e. The summed E-state index contributed by atoms with van der Waals surface area (Å²) in [5.41, 5.74) is 5.10. The number of nitrogens with one attached hydrogen (secondary N) is 2. The number of nitrogens with zero attached hydrogens (tertiary/aromatic N) is 6. The number of amides is 2. The van der Waals surface area contributed by atoms with Gasteiger partial charge in [-0.15, -0.1) is 0 Å². The zero-order chi connectivity index (χ0) is 40.8. The van der Waals surface area contributed by atoms with Crippen LogP contribution in [-0.2, 0) is 13.1 Å². The van der Waals surface area contributed by atoms with Crippen LogP contribution < -0.4 is 39.4 Å². The van der Waals surface area contributed by atoms with Crippen LogP contribution in [0.3, 0.4) is 0 Å². The third-order valence-corrected chi connectivity index (χ3v) is 10.5. The van der Waals surface area contributed by atoms with E-state index in [1.54, 1.807) is 38.4 Å². The number of aryl methyl sites for hydroxylation is 2. The molecule has 2 amide bonds. The van der Waals surface area contributed by atoms with Gasteiger partial charge in [0.2, 0.25) is 11.8 Å². The summed E-state index contributed by atoms with van der Waals surface area (Å²) in [5.74, 6) is 4.21. The summed E-state index contributed by atoms with van der Waals surface area (Å²) >= 11 is 0. The lowest BCUT2D eigenvalue weighted by Crippen LogP contribution is -2.39. The van der Waals surface area contributed by atoms with Gasteiger partial charge in [0, 0.05) is 64.0 Å². The average Bonchev–Trinajstić information content (AvgIpc) is 3.79. The van der Waals surface area contributed by atoms with Crippen molar-refractivity contribution in [3.63, 3.8) is 0 Å². The molecule has 0 radical (unpaired) electrons. The van der Waals surface area contributed by atoms with Crippen molar-refractivity contribution in [2.45, 2.75) is 90.9 Å². The third-order valence-electron chi connectivity index (χ3n) is 10.5. The van der Waals surface area contributed by atoms with Crippen molar-refractivity contribution >= 4 is 23.5 Å². The van der Waals surface area contributed by atoms with E-state index in [4.69, 9.17) is 39.1 Å². The van der Waals surface area contributed by atoms with Crippen LogP contribution in [-0.4, -0.2) is 106 Å². The molecule has 8 heterocycles. The summed E-state index contributed by atoms with van der Waals surface area (Å²) in [6.45, 7) is 11.9. The van der Waals surface area contributed by atoms with Crippen LogP contribution in [0.2, 0.25) is 0 Å². The van der Waals surface area contributed by atoms with Crippen molar-refractivity contribution in [3.8, 4) is 23.3 Å². The lowest BCUT2D eigenvalue weighted by molar-refractivity contribution is 0.0957. The third kappa shape index (κ3) is 9.68. The molecule has 308 valence electrons. The summed E-state index contributed by atoms with van der Waals surface area (Å²) in [6.07, 6.45) is 6.51. The van der Waals surface area contributed by atoms with Crippen molar-refractivity contribution in [3.05, 3.63) is 82.4 Å². The molecule has 0 aromatic carbocycles. The SMILES string of the molecule is Cc1cc2c(nc1N1CCC(Oc3ccc(OC(C)CO)nc3)CC1)CNC2=O.Cc1cc2c(nc1N1CCC(Oc3ccc(OC(C)CO)nc3)CC1)CNC2=O. The van der Waals surface area contributed by atoms with Gasteiger partial charge in [-0.3, -0.25) is 9.59 Å². The summed E-state index contributed by atoms with van der Waals surface area (Å²) in [6, 6.07) is 11.1. The maximum atomic E-state index is 11.8. The van der Waals surface area contributed by atoms with Gasteiger partial charge in [0.1, 0.15) is 47.6 Å². The normalized spacial score (nSPS) is 17.6. The highest BCUT2D eigenvalue weighted by molar-refractivity contribution is 5.98. The monoisotopic (exact) mass is 796 g/mol. The first kappa shape index (κ1) is 40.5. The number of hydrogen-bond acceptors (Lipinski definition) is 14. The molecule has 4 aromatic rings. The van der Waals surface area contributed by atoms with Crippen LogP contribution >= 0.6 is 0 Å². The molecule has 16 nitrogen and oxygen atoms in total. The Morgan fingerprint density at radius 3 is 1.41 bits per heavy atom. The van der Waals surface area contributed by atoms with E-state index in [0.717, 1.165) is 86.0 Å². The van der Waals surface area contributed by atoms with E-state index in [1.807, 2.05) is 38.1 Å².